The third-order valence-corrected chi connectivity index (χ3v) is 3.56. The molecule has 3 nitrogen and oxygen atoms in total. The van der Waals surface area contributed by atoms with Crippen molar-refractivity contribution >= 4 is 5.82 Å². The van der Waals surface area contributed by atoms with E-state index in [-0.39, 0.29) is 0 Å². The van der Waals surface area contributed by atoms with E-state index in [4.69, 9.17) is 5.73 Å². The predicted octanol–water partition coefficient (Wildman–Crippen LogP) is 2.17. The van der Waals surface area contributed by atoms with Gasteiger partial charge in [0.1, 0.15) is 5.82 Å². The van der Waals surface area contributed by atoms with E-state index >= 15 is 0 Å². The summed E-state index contributed by atoms with van der Waals surface area (Å²) < 4.78 is 0. The summed E-state index contributed by atoms with van der Waals surface area (Å²) in [6, 6.07) is 4.11. The van der Waals surface area contributed by atoms with Gasteiger partial charge in [-0.1, -0.05) is 13.3 Å². The molecule has 2 N–H and O–H groups in total. The van der Waals surface area contributed by atoms with Crippen LogP contribution >= 0.6 is 0 Å². The number of hydrogen-bond donors (Lipinski definition) is 1. The van der Waals surface area contributed by atoms with Crippen LogP contribution in [0.15, 0.2) is 18.3 Å². The first-order valence-corrected chi connectivity index (χ1v) is 6.23. The largest absolute Gasteiger partial charge is 0.357 e. The Bertz CT molecular complexity index is 330. The fourth-order valence-corrected chi connectivity index (χ4v) is 2.33. The van der Waals surface area contributed by atoms with Gasteiger partial charge in [-0.15, -0.1) is 0 Å². The average Bonchev–Trinajstić information content (AvgIpc) is 2.39. The number of aromatic nitrogens is 1. The average molecular weight is 219 g/mol. The van der Waals surface area contributed by atoms with Crippen LogP contribution in [0.3, 0.4) is 0 Å². The van der Waals surface area contributed by atoms with E-state index in [1.54, 1.807) is 0 Å². The molecule has 0 amide bonds. The van der Waals surface area contributed by atoms with Gasteiger partial charge in [0.15, 0.2) is 0 Å². The zero-order valence-corrected chi connectivity index (χ0v) is 10.0. The molecule has 0 aromatic carbocycles. The molecule has 0 aliphatic carbocycles. The Morgan fingerprint density at radius 2 is 2.19 bits per heavy atom. The first kappa shape index (κ1) is 11.4. The maximum absolute atomic E-state index is 5.65. The second kappa shape index (κ2) is 5.30. The molecule has 0 atom stereocenters. The maximum atomic E-state index is 5.65. The van der Waals surface area contributed by atoms with Crippen molar-refractivity contribution in [2.24, 2.45) is 11.7 Å². The van der Waals surface area contributed by atoms with Crippen LogP contribution in [-0.2, 0) is 6.54 Å². The molecule has 1 saturated heterocycles. The normalized spacial score (nSPS) is 17.8. The van der Waals surface area contributed by atoms with Gasteiger partial charge < -0.3 is 10.6 Å². The third-order valence-electron chi connectivity index (χ3n) is 3.56. The fraction of sp³-hybridized carbons (Fsp3) is 0.615. The van der Waals surface area contributed by atoms with E-state index in [1.165, 1.54) is 24.8 Å². The van der Waals surface area contributed by atoms with Crippen molar-refractivity contribution in [1.82, 2.24) is 4.98 Å². The minimum atomic E-state index is 0.598. The molecule has 1 aliphatic rings. The summed E-state index contributed by atoms with van der Waals surface area (Å²) in [4.78, 5) is 6.81. The molecule has 1 fully saturated rings. The first-order valence-electron chi connectivity index (χ1n) is 6.23. The van der Waals surface area contributed by atoms with Crippen LogP contribution < -0.4 is 10.6 Å². The second-order valence-electron chi connectivity index (χ2n) is 4.57. The summed E-state index contributed by atoms with van der Waals surface area (Å²) in [6.07, 6.45) is 5.77. The van der Waals surface area contributed by atoms with Crippen LogP contribution in [0, 0.1) is 5.92 Å². The third kappa shape index (κ3) is 2.53. The Balaban J connectivity index is 2.02. The molecule has 1 aliphatic heterocycles. The van der Waals surface area contributed by atoms with E-state index < -0.39 is 0 Å². The number of nitrogens with two attached hydrogens (primary N) is 1. The van der Waals surface area contributed by atoms with Crippen LogP contribution in [0.25, 0.3) is 0 Å². The minimum Gasteiger partial charge on any atom is -0.357 e. The number of hydrogen-bond acceptors (Lipinski definition) is 3. The minimum absolute atomic E-state index is 0.598. The Kier molecular flexibility index (Phi) is 3.78. The van der Waals surface area contributed by atoms with Gasteiger partial charge in [0.25, 0.3) is 0 Å². The lowest BCUT2D eigenvalue weighted by molar-refractivity contribution is 0.393. The molecule has 0 saturated carbocycles. The van der Waals surface area contributed by atoms with Crippen LogP contribution in [0.4, 0.5) is 5.82 Å². The van der Waals surface area contributed by atoms with Crippen molar-refractivity contribution in [3.05, 3.63) is 23.9 Å². The quantitative estimate of drug-likeness (QED) is 0.847. The highest BCUT2D eigenvalue weighted by atomic mass is 15.2. The van der Waals surface area contributed by atoms with Gasteiger partial charge in [-0.25, -0.2) is 4.98 Å². The molecule has 2 heterocycles. The van der Waals surface area contributed by atoms with E-state index in [1.807, 2.05) is 12.3 Å². The van der Waals surface area contributed by atoms with Gasteiger partial charge in [-0.2, -0.15) is 0 Å². The van der Waals surface area contributed by atoms with Gasteiger partial charge in [0.2, 0.25) is 0 Å². The zero-order valence-electron chi connectivity index (χ0n) is 10.0. The number of nitrogens with zero attached hydrogens (tertiary/aromatic N) is 2. The summed E-state index contributed by atoms with van der Waals surface area (Å²) >= 11 is 0. The highest BCUT2D eigenvalue weighted by Gasteiger charge is 2.18. The molecule has 1 aromatic rings. The van der Waals surface area contributed by atoms with Crippen molar-refractivity contribution in [3.8, 4) is 0 Å². The monoisotopic (exact) mass is 219 g/mol. The topological polar surface area (TPSA) is 42.1 Å². The van der Waals surface area contributed by atoms with Crippen LogP contribution in [-0.4, -0.2) is 18.1 Å². The van der Waals surface area contributed by atoms with Gasteiger partial charge in [0.05, 0.1) is 0 Å². The number of anilines is 1. The Morgan fingerprint density at radius 1 is 1.44 bits per heavy atom. The van der Waals surface area contributed by atoms with Crippen LogP contribution in [0.5, 0.6) is 0 Å². The fourth-order valence-electron chi connectivity index (χ4n) is 2.33. The Labute approximate surface area is 97.7 Å². The number of pyridine rings is 1. The molecule has 2 rings (SSSR count). The van der Waals surface area contributed by atoms with E-state index in [0.717, 1.165) is 24.8 Å². The summed E-state index contributed by atoms with van der Waals surface area (Å²) in [5, 5.41) is 0. The number of rotatable bonds is 3. The molecule has 0 spiro atoms. The maximum Gasteiger partial charge on any atom is 0.128 e. The molecule has 0 bridgehead atoms. The summed E-state index contributed by atoms with van der Waals surface area (Å²) in [5.74, 6) is 2.01. The van der Waals surface area contributed by atoms with Gasteiger partial charge in [-0.05, 0) is 36.5 Å². The Morgan fingerprint density at radius 3 is 2.81 bits per heavy atom. The van der Waals surface area contributed by atoms with Gasteiger partial charge in [-0.3, -0.25) is 0 Å². The highest BCUT2D eigenvalue weighted by Crippen LogP contribution is 2.23. The SMILES string of the molecule is CCC1CCN(c2cc(CN)ccn2)CC1. The van der Waals surface area contributed by atoms with Crippen molar-refractivity contribution < 1.29 is 0 Å². The molecular formula is C13H21N3. The molecule has 1 aromatic heterocycles. The van der Waals surface area contributed by atoms with Crippen molar-refractivity contribution in [2.45, 2.75) is 32.7 Å². The van der Waals surface area contributed by atoms with Crippen molar-refractivity contribution in [2.75, 3.05) is 18.0 Å². The van der Waals surface area contributed by atoms with Crippen LogP contribution in [0.1, 0.15) is 31.7 Å². The van der Waals surface area contributed by atoms with E-state index in [9.17, 15) is 0 Å². The number of piperidine rings is 1. The highest BCUT2D eigenvalue weighted by molar-refractivity contribution is 5.41. The van der Waals surface area contributed by atoms with Crippen LogP contribution in [0.2, 0.25) is 0 Å². The second-order valence-corrected chi connectivity index (χ2v) is 4.57. The predicted molar refractivity (Wildman–Crippen MR) is 67.4 cm³/mol. The zero-order chi connectivity index (χ0) is 11.4. The lowest BCUT2D eigenvalue weighted by Crippen LogP contribution is -2.34. The van der Waals surface area contributed by atoms with Crippen molar-refractivity contribution in [3.63, 3.8) is 0 Å². The molecule has 0 unspecified atom stereocenters. The molecule has 16 heavy (non-hydrogen) atoms. The molecule has 3 heteroatoms. The van der Waals surface area contributed by atoms with Gasteiger partial charge in [0, 0.05) is 25.8 Å². The molecular weight excluding hydrogens is 198 g/mol. The standard InChI is InChI=1S/C13H21N3/c1-2-11-4-7-16(8-5-11)13-9-12(10-14)3-6-15-13/h3,6,9,11H,2,4-5,7-8,10,14H2,1H3. The molecule has 0 radical (unpaired) electrons. The summed E-state index contributed by atoms with van der Waals surface area (Å²) in [6.45, 7) is 5.16. The van der Waals surface area contributed by atoms with Gasteiger partial charge >= 0.3 is 0 Å². The smallest absolute Gasteiger partial charge is 0.128 e. The Hall–Kier alpha value is -1.09. The van der Waals surface area contributed by atoms with E-state index in [2.05, 4.69) is 22.9 Å². The summed E-state index contributed by atoms with van der Waals surface area (Å²) in [7, 11) is 0. The van der Waals surface area contributed by atoms with E-state index in [0.29, 0.717) is 6.54 Å². The van der Waals surface area contributed by atoms with Crippen molar-refractivity contribution in [1.29, 1.82) is 0 Å². The molecule has 88 valence electrons. The first-order chi connectivity index (χ1) is 7.83. The lowest BCUT2D eigenvalue weighted by atomic mass is 9.94. The lowest BCUT2D eigenvalue weighted by Gasteiger charge is -2.32. The summed E-state index contributed by atoms with van der Waals surface area (Å²) in [5.41, 5.74) is 6.81.